The van der Waals surface area contributed by atoms with E-state index in [1.807, 2.05) is 6.07 Å². The molecule has 3 N–H and O–H groups in total. The van der Waals surface area contributed by atoms with Gasteiger partial charge in [-0.2, -0.15) is 0 Å². The first-order chi connectivity index (χ1) is 12.7. The van der Waals surface area contributed by atoms with Crippen LogP contribution in [0.5, 0.6) is 0 Å². The molecule has 1 saturated carbocycles. The number of nitrogens with one attached hydrogen (secondary N) is 3. The molecule has 0 bridgehead atoms. The van der Waals surface area contributed by atoms with E-state index in [-0.39, 0.29) is 5.91 Å². The molecule has 1 heterocycles. The Labute approximate surface area is 156 Å². The number of aromatic nitrogens is 1. The number of carbonyl (C=O) groups excluding carboxylic acids is 1. The molecule has 4 heteroatoms. The van der Waals surface area contributed by atoms with Gasteiger partial charge in [0.25, 0.3) is 5.91 Å². The number of H-pyrrole nitrogens is 1. The van der Waals surface area contributed by atoms with E-state index in [9.17, 15) is 4.79 Å². The molecular weight excluding hydrogens is 322 g/mol. The molecule has 1 atom stereocenters. The lowest BCUT2D eigenvalue weighted by molar-refractivity contribution is 0.0928. The Hall–Kier alpha value is -1.81. The largest absolute Gasteiger partial charge is 0.358 e. The number of aromatic amines is 1. The minimum Gasteiger partial charge on any atom is -0.358 e. The fourth-order valence-corrected chi connectivity index (χ4v) is 4.60. The van der Waals surface area contributed by atoms with Crippen molar-refractivity contribution in [1.82, 2.24) is 15.6 Å². The molecule has 26 heavy (non-hydrogen) atoms. The summed E-state index contributed by atoms with van der Waals surface area (Å²) in [6.45, 7) is 3.29. The highest BCUT2D eigenvalue weighted by atomic mass is 16.1. The number of carbonyl (C=O) groups is 1. The third-order valence-electron chi connectivity index (χ3n) is 6.07. The second-order valence-electron chi connectivity index (χ2n) is 8.04. The highest BCUT2D eigenvalue weighted by Crippen LogP contribution is 2.30. The summed E-state index contributed by atoms with van der Waals surface area (Å²) < 4.78 is 0. The molecule has 0 aliphatic heterocycles. The summed E-state index contributed by atoms with van der Waals surface area (Å²) in [7, 11) is 0. The lowest BCUT2D eigenvalue weighted by Gasteiger charge is -2.24. The number of amides is 1. The fraction of sp³-hybridized carbons (Fsp3) is 0.591. The van der Waals surface area contributed by atoms with Crippen molar-refractivity contribution in [2.75, 3.05) is 6.54 Å². The zero-order valence-corrected chi connectivity index (χ0v) is 15.9. The number of fused-ring (bicyclic) bond motifs is 3. The molecule has 0 spiro atoms. The molecule has 2 aromatic rings. The summed E-state index contributed by atoms with van der Waals surface area (Å²) >= 11 is 0. The Balaban J connectivity index is 1.54. The van der Waals surface area contributed by atoms with E-state index in [0.717, 1.165) is 37.8 Å². The van der Waals surface area contributed by atoms with Crippen molar-refractivity contribution in [2.45, 2.75) is 76.8 Å². The molecule has 0 saturated heterocycles. The van der Waals surface area contributed by atoms with Crippen LogP contribution in [0, 0.1) is 0 Å². The van der Waals surface area contributed by atoms with Gasteiger partial charge < -0.3 is 15.6 Å². The smallest absolute Gasteiger partial charge is 0.251 e. The quantitative estimate of drug-likeness (QED) is 0.758. The Morgan fingerprint density at radius 3 is 2.81 bits per heavy atom. The van der Waals surface area contributed by atoms with Gasteiger partial charge in [-0.1, -0.05) is 26.2 Å². The van der Waals surface area contributed by atoms with Crippen LogP contribution in [0.15, 0.2) is 18.2 Å². The topological polar surface area (TPSA) is 56.9 Å². The van der Waals surface area contributed by atoms with Crippen molar-refractivity contribution >= 4 is 16.8 Å². The number of rotatable bonds is 5. The predicted octanol–water partition coefficient (Wildman–Crippen LogP) is 4.09. The summed E-state index contributed by atoms with van der Waals surface area (Å²) in [6, 6.07) is 7.06. The molecule has 2 aliphatic rings. The summed E-state index contributed by atoms with van der Waals surface area (Å²) in [6.07, 6.45) is 10.5. The van der Waals surface area contributed by atoms with Gasteiger partial charge in [0.15, 0.2) is 0 Å². The van der Waals surface area contributed by atoms with Gasteiger partial charge in [0.2, 0.25) is 0 Å². The van der Waals surface area contributed by atoms with E-state index in [2.05, 4.69) is 34.7 Å². The Morgan fingerprint density at radius 2 is 2.00 bits per heavy atom. The van der Waals surface area contributed by atoms with Gasteiger partial charge in [0.05, 0.1) is 0 Å². The first-order valence-electron chi connectivity index (χ1n) is 10.4. The maximum Gasteiger partial charge on any atom is 0.251 e. The van der Waals surface area contributed by atoms with E-state index >= 15 is 0 Å². The van der Waals surface area contributed by atoms with Crippen LogP contribution in [0.1, 0.15) is 73.5 Å². The van der Waals surface area contributed by atoms with Crippen molar-refractivity contribution in [3.05, 3.63) is 35.0 Å². The van der Waals surface area contributed by atoms with Gasteiger partial charge in [-0.15, -0.1) is 0 Å². The van der Waals surface area contributed by atoms with Crippen LogP contribution in [0.25, 0.3) is 10.9 Å². The fourth-order valence-electron chi connectivity index (χ4n) is 4.60. The average Bonchev–Trinajstić information content (AvgIpc) is 3.04. The zero-order valence-electron chi connectivity index (χ0n) is 15.9. The van der Waals surface area contributed by atoms with Crippen molar-refractivity contribution < 1.29 is 4.79 Å². The van der Waals surface area contributed by atoms with E-state index < -0.39 is 0 Å². The lowest BCUT2D eigenvalue weighted by atomic mass is 9.91. The first kappa shape index (κ1) is 17.6. The summed E-state index contributed by atoms with van der Waals surface area (Å²) in [4.78, 5) is 16.3. The number of benzene rings is 1. The normalized spacial score (nSPS) is 20.9. The van der Waals surface area contributed by atoms with E-state index in [4.69, 9.17) is 0 Å². The number of hydrogen-bond acceptors (Lipinski definition) is 2. The maximum atomic E-state index is 12.7. The van der Waals surface area contributed by atoms with Gasteiger partial charge in [-0.25, -0.2) is 0 Å². The third kappa shape index (κ3) is 3.66. The molecular formula is C22H31N3O. The molecule has 1 aromatic carbocycles. The SMILES string of the molecule is CCCNC1CCc2[nH]c3ccc(C(=O)NC4CCCCC4)cc3c2C1. The van der Waals surface area contributed by atoms with Crippen LogP contribution in [0.4, 0.5) is 0 Å². The lowest BCUT2D eigenvalue weighted by Crippen LogP contribution is -2.36. The predicted molar refractivity (Wildman–Crippen MR) is 107 cm³/mol. The van der Waals surface area contributed by atoms with Crippen molar-refractivity contribution in [3.63, 3.8) is 0 Å². The van der Waals surface area contributed by atoms with Crippen molar-refractivity contribution in [1.29, 1.82) is 0 Å². The van der Waals surface area contributed by atoms with Crippen LogP contribution in [0.2, 0.25) is 0 Å². The first-order valence-corrected chi connectivity index (χ1v) is 10.4. The van der Waals surface area contributed by atoms with Crippen LogP contribution in [0.3, 0.4) is 0 Å². The van der Waals surface area contributed by atoms with Crippen molar-refractivity contribution in [3.8, 4) is 0 Å². The summed E-state index contributed by atoms with van der Waals surface area (Å²) in [5, 5.41) is 8.15. The zero-order chi connectivity index (χ0) is 17.9. The second-order valence-corrected chi connectivity index (χ2v) is 8.04. The van der Waals surface area contributed by atoms with Crippen LogP contribution < -0.4 is 10.6 Å². The monoisotopic (exact) mass is 353 g/mol. The Kier molecular flexibility index (Phi) is 5.30. The van der Waals surface area contributed by atoms with Crippen molar-refractivity contribution in [2.24, 2.45) is 0 Å². The molecule has 0 radical (unpaired) electrons. The van der Waals surface area contributed by atoms with E-state index in [1.54, 1.807) is 0 Å². The van der Waals surface area contributed by atoms with Crippen LogP contribution in [-0.4, -0.2) is 29.5 Å². The molecule has 1 fully saturated rings. The second kappa shape index (κ2) is 7.83. The molecule has 140 valence electrons. The van der Waals surface area contributed by atoms with Gasteiger partial charge in [0, 0.05) is 34.2 Å². The molecule has 4 rings (SSSR count). The number of hydrogen-bond donors (Lipinski definition) is 3. The summed E-state index contributed by atoms with van der Waals surface area (Å²) in [5.74, 6) is 0.0882. The molecule has 1 amide bonds. The molecule has 1 aromatic heterocycles. The highest BCUT2D eigenvalue weighted by Gasteiger charge is 2.23. The average molecular weight is 354 g/mol. The highest BCUT2D eigenvalue weighted by molar-refractivity contribution is 5.99. The standard InChI is InChI=1S/C22H31N3O/c1-2-12-23-17-9-11-21-19(14-17)18-13-15(8-10-20(18)25-21)22(26)24-16-6-4-3-5-7-16/h8,10,13,16-17,23,25H,2-7,9,11-12,14H2,1H3,(H,24,26). The Morgan fingerprint density at radius 1 is 1.15 bits per heavy atom. The third-order valence-corrected chi connectivity index (χ3v) is 6.07. The number of aryl methyl sites for hydroxylation is 1. The molecule has 2 aliphatic carbocycles. The minimum absolute atomic E-state index is 0.0882. The molecule has 4 nitrogen and oxygen atoms in total. The Bertz CT molecular complexity index is 773. The maximum absolute atomic E-state index is 12.7. The van der Waals surface area contributed by atoms with Crippen LogP contribution in [-0.2, 0) is 12.8 Å². The van der Waals surface area contributed by atoms with Gasteiger partial charge >= 0.3 is 0 Å². The van der Waals surface area contributed by atoms with Gasteiger partial charge in [-0.3, -0.25) is 4.79 Å². The van der Waals surface area contributed by atoms with Gasteiger partial charge in [0.1, 0.15) is 0 Å². The van der Waals surface area contributed by atoms with Crippen LogP contribution >= 0.6 is 0 Å². The molecule has 1 unspecified atom stereocenters. The van der Waals surface area contributed by atoms with E-state index in [1.165, 1.54) is 54.3 Å². The minimum atomic E-state index is 0.0882. The van der Waals surface area contributed by atoms with Gasteiger partial charge in [-0.05, 0) is 68.8 Å². The van der Waals surface area contributed by atoms with E-state index in [0.29, 0.717) is 12.1 Å². The summed E-state index contributed by atoms with van der Waals surface area (Å²) in [5.41, 5.74) is 4.74.